The zero-order chi connectivity index (χ0) is 14.9. The van der Waals surface area contributed by atoms with Crippen LogP contribution in [0, 0.1) is 11.8 Å². The second-order valence-corrected chi connectivity index (χ2v) is 7.21. The van der Waals surface area contributed by atoms with E-state index >= 15 is 0 Å². The molecule has 0 aromatic rings. The molecule has 2 nitrogen and oxygen atoms in total. The van der Waals surface area contributed by atoms with Crippen LogP contribution in [0.25, 0.3) is 0 Å². The van der Waals surface area contributed by atoms with Crippen molar-refractivity contribution in [1.82, 2.24) is 10.2 Å². The predicted octanol–water partition coefficient (Wildman–Crippen LogP) is 3.57. The molecule has 3 aliphatic rings. The molecule has 1 N–H and O–H groups in total. The fourth-order valence-corrected chi connectivity index (χ4v) is 3.89. The highest BCUT2D eigenvalue weighted by Crippen LogP contribution is 2.39. The molecule has 1 saturated heterocycles. The average molecular weight is 304 g/mol. The Hall–Kier alpha value is -0.290. The van der Waals surface area contributed by atoms with E-state index < -0.39 is 12.1 Å². The Morgan fingerprint density at radius 1 is 0.857 bits per heavy atom. The molecule has 3 rings (SSSR count). The summed E-state index contributed by atoms with van der Waals surface area (Å²) in [5.74, 6) is -0.132. The third-order valence-electron chi connectivity index (χ3n) is 5.60. The van der Waals surface area contributed by atoms with Gasteiger partial charge in [0.2, 0.25) is 0 Å². The fraction of sp³-hybridized carbons (Fsp3) is 1.00. The van der Waals surface area contributed by atoms with Crippen molar-refractivity contribution in [1.29, 1.82) is 0 Å². The standard InChI is InChI=1S/C16H27F3N2/c17-16(18,19)13-3-5-15(6-4-13)21-9-7-14(8-10-21)20-11-12-1-2-12/h12-15,20H,1-11H2. The molecular weight excluding hydrogens is 277 g/mol. The van der Waals surface area contributed by atoms with Gasteiger partial charge in [0.05, 0.1) is 5.92 Å². The van der Waals surface area contributed by atoms with E-state index in [0.29, 0.717) is 24.9 Å². The van der Waals surface area contributed by atoms with Gasteiger partial charge < -0.3 is 10.2 Å². The maximum absolute atomic E-state index is 12.7. The summed E-state index contributed by atoms with van der Waals surface area (Å²) in [6.45, 7) is 3.29. The van der Waals surface area contributed by atoms with E-state index in [0.717, 1.165) is 44.7 Å². The van der Waals surface area contributed by atoms with Crippen LogP contribution in [-0.2, 0) is 0 Å². The van der Waals surface area contributed by atoms with E-state index in [1.54, 1.807) is 0 Å². The monoisotopic (exact) mass is 304 g/mol. The van der Waals surface area contributed by atoms with E-state index in [4.69, 9.17) is 0 Å². The minimum atomic E-state index is -3.98. The van der Waals surface area contributed by atoms with Crippen molar-refractivity contribution >= 4 is 0 Å². The Labute approximate surface area is 125 Å². The molecule has 5 heteroatoms. The second kappa shape index (κ2) is 6.45. The average Bonchev–Trinajstić information content (AvgIpc) is 3.29. The van der Waals surface area contributed by atoms with E-state index in [9.17, 15) is 13.2 Å². The number of halogens is 3. The van der Waals surface area contributed by atoms with Gasteiger partial charge in [-0.3, -0.25) is 0 Å². The highest BCUT2D eigenvalue weighted by Gasteiger charge is 2.42. The smallest absolute Gasteiger partial charge is 0.314 e. The van der Waals surface area contributed by atoms with Crippen LogP contribution < -0.4 is 5.32 Å². The lowest BCUT2D eigenvalue weighted by molar-refractivity contribution is -0.184. The number of piperidine rings is 1. The van der Waals surface area contributed by atoms with Crippen LogP contribution in [0.5, 0.6) is 0 Å². The van der Waals surface area contributed by atoms with Gasteiger partial charge in [-0.15, -0.1) is 0 Å². The maximum atomic E-state index is 12.7. The first kappa shape index (κ1) is 15.6. The molecule has 0 aromatic carbocycles. The van der Waals surface area contributed by atoms with Crippen molar-refractivity contribution in [2.24, 2.45) is 11.8 Å². The van der Waals surface area contributed by atoms with Crippen LogP contribution in [0.1, 0.15) is 51.4 Å². The summed E-state index contributed by atoms with van der Waals surface area (Å²) in [5, 5.41) is 3.66. The highest BCUT2D eigenvalue weighted by molar-refractivity contribution is 4.87. The van der Waals surface area contributed by atoms with Crippen LogP contribution in [0.4, 0.5) is 13.2 Å². The van der Waals surface area contributed by atoms with Crippen LogP contribution in [-0.4, -0.2) is 42.8 Å². The van der Waals surface area contributed by atoms with Gasteiger partial charge >= 0.3 is 6.18 Å². The van der Waals surface area contributed by atoms with E-state index in [1.807, 2.05) is 0 Å². The third-order valence-corrected chi connectivity index (χ3v) is 5.60. The molecule has 2 saturated carbocycles. The summed E-state index contributed by atoms with van der Waals surface area (Å²) >= 11 is 0. The van der Waals surface area contributed by atoms with Crippen LogP contribution in [0.3, 0.4) is 0 Å². The molecule has 122 valence electrons. The van der Waals surface area contributed by atoms with Crippen molar-refractivity contribution in [2.45, 2.75) is 69.6 Å². The molecule has 0 aromatic heterocycles. The van der Waals surface area contributed by atoms with Crippen molar-refractivity contribution in [3.8, 4) is 0 Å². The van der Waals surface area contributed by atoms with Crippen molar-refractivity contribution in [2.75, 3.05) is 19.6 Å². The molecule has 21 heavy (non-hydrogen) atoms. The molecule has 0 spiro atoms. The van der Waals surface area contributed by atoms with Gasteiger partial charge in [0.1, 0.15) is 0 Å². The van der Waals surface area contributed by atoms with Crippen LogP contribution in [0.2, 0.25) is 0 Å². The lowest BCUT2D eigenvalue weighted by Crippen LogP contribution is -2.48. The van der Waals surface area contributed by atoms with E-state index in [2.05, 4.69) is 10.2 Å². The highest BCUT2D eigenvalue weighted by atomic mass is 19.4. The topological polar surface area (TPSA) is 15.3 Å². The van der Waals surface area contributed by atoms with Gasteiger partial charge in [-0.1, -0.05) is 0 Å². The number of likely N-dealkylation sites (tertiary alicyclic amines) is 1. The van der Waals surface area contributed by atoms with E-state index in [1.165, 1.54) is 19.4 Å². The summed E-state index contributed by atoms with van der Waals surface area (Å²) in [6.07, 6.45) is 3.21. The lowest BCUT2D eigenvalue weighted by Gasteiger charge is -2.41. The van der Waals surface area contributed by atoms with Gasteiger partial charge in [-0.25, -0.2) is 0 Å². The Bertz CT molecular complexity index is 325. The van der Waals surface area contributed by atoms with Crippen molar-refractivity contribution < 1.29 is 13.2 Å². The Kier molecular flexibility index (Phi) is 4.79. The Morgan fingerprint density at radius 2 is 1.48 bits per heavy atom. The minimum Gasteiger partial charge on any atom is -0.314 e. The summed E-state index contributed by atoms with van der Waals surface area (Å²) < 4.78 is 38.1. The lowest BCUT2D eigenvalue weighted by atomic mass is 9.84. The molecule has 0 atom stereocenters. The number of hydrogen-bond acceptors (Lipinski definition) is 2. The number of nitrogens with zero attached hydrogens (tertiary/aromatic N) is 1. The molecule has 3 fully saturated rings. The van der Waals surface area contributed by atoms with Gasteiger partial charge in [0, 0.05) is 12.1 Å². The number of alkyl halides is 3. The number of nitrogens with one attached hydrogen (secondary N) is 1. The predicted molar refractivity (Wildman–Crippen MR) is 77.1 cm³/mol. The maximum Gasteiger partial charge on any atom is 0.391 e. The van der Waals surface area contributed by atoms with Crippen molar-refractivity contribution in [3.63, 3.8) is 0 Å². The van der Waals surface area contributed by atoms with Gasteiger partial charge in [-0.2, -0.15) is 13.2 Å². The Balaban J connectivity index is 1.37. The van der Waals surface area contributed by atoms with Crippen LogP contribution >= 0.6 is 0 Å². The molecule has 2 aliphatic carbocycles. The first-order valence-electron chi connectivity index (χ1n) is 8.56. The molecule has 1 heterocycles. The molecular formula is C16H27F3N2. The zero-order valence-corrected chi connectivity index (χ0v) is 12.7. The molecule has 0 radical (unpaired) electrons. The number of hydrogen-bond donors (Lipinski definition) is 1. The molecule has 0 unspecified atom stereocenters. The Morgan fingerprint density at radius 3 is 2.00 bits per heavy atom. The van der Waals surface area contributed by atoms with Gasteiger partial charge in [0.15, 0.2) is 0 Å². The SMILES string of the molecule is FC(F)(F)C1CCC(N2CCC(NCC3CC3)CC2)CC1. The first-order chi connectivity index (χ1) is 10.0. The molecule has 1 aliphatic heterocycles. The minimum absolute atomic E-state index is 0.327. The zero-order valence-electron chi connectivity index (χ0n) is 12.7. The third kappa shape index (κ3) is 4.35. The molecule has 0 bridgehead atoms. The first-order valence-corrected chi connectivity index (χ1v) is 8.56. The summed E-state index contributed by atoms with van der Waals surface area (Å²) in [7, 11) is 0. The quantitative estimate of drug-likeness (QED) is 0.854. The normalized spacial score (nSPS) is 33.3. The number of rotatable bonds is 4. The van der Waals surface area contributed by atoms with Crippen LogP contribution in [0.15, 0.2) is 0 Å². The van der Waals surface area contributed by atoms with E-state index in [-0.39, 0.29) is 0 Å². The summed E-state index contributed by atoms with van der Waals surface area (Å²) in [4.78, 5) is 2.45. The summed E-state index contributed by atoms with van der Waals surface area (Å²) in [6, 6.07) is 1.03. The van der Waals surface area contributed by atoms with Gasteiger partial charge in [-0.05, 0) is 76.9 Å². The second-order valence-electron chi connectivity index (χ2n) is 7.21. The molecule has 0 amide bonds. The largest absolute Gasteiger partial charge is 0.391 e. The van der Waals surface area contributed by atoms with Gasteiger partial charge in [0.25, 0.3) is 0 Å². The fourth-order valence-electron chi connectivity index (χ4n) is 3.89. The summed E-state index contributed by atoms with van der Waals surface area (Å²) in [5.41, 5.74) is 0. The van der Waals surface area contributed by atoms with Crippen molar-refractivity contribution in [3.05, 3.63) is 0 Å².